The van der Waals surface area contributed by atoms with Gasteiger partial charge in [-0.05, 0) is 12.1 Å². The molecule has 0 saturated heterocycles. The second-order valence-corrected chi connectivity index (χ2v) is 2.68. The molecule has 74 valence electrons. The number of nitrogens with zero attached hydrogens (tertiary/aromatic N) is 1. The molecular formula is C10H12N2O2. The summed E-state index contributed by atoms with van der Waals surface area (Å²) in [6.45, 7) is 1.83. The van der Waals surface area contributed by atoms with Crippen molar-refractivity contribution in [1.82, 2.24) is 0 Å². The quantitative estimate of drug-likeness (QED) is 0.342. The van der Waals surface area contributed by atoms with Crippen LogP contribution >= 0.6 is 0 Å². The first-order valence-electron chi connectivity index (χ1n) is 4.32. The number of nitrogens with two attached hydrogens (primary N) is 1. The molecule has 0 unspecified atom stereocenters. The van der Waals surface area contributed by atoms with E-state index in [-0.39, 0.29) is 0 Å². The predicted octanol–water partition coefficient (Wildman–Crippen LogP) is 1.53. The van der Waals surface area contributed by atoms with E-state index < -0.39 is 5.97 Å². The van der Waals surface area contributed by atoms with Gasteiger partial charge in [0.15, 0.2) is 0 Å². The topological polar surface area (TPSA) is 64.7 Å². The van der Waals surface area contributed by atoms with Gasteiger partial charge in [-0.15, -0.1) is 0 Å². The maximum Gasteiger partial charge on any atom is 0.365 e. The molecule has 0 spiro atoms. The number of rotatable bonds is 3. The Bertz CT molecular complexity index is 333. The average Bonchev–Trinajstić information content (AvgIpc) is 2.26. The Hall–Kier alpha value is -1.84. The Morgan fingerprint density at radius 2 is 2.07 bits per heavy atom. The average molecular weight is 192 g/mol. The van der Waals surface area contributed by atoms with E-state index in [1.54, 1.807) is 24.3 Å². The molecule has 1 rings (SSSR count). The molecule has 4 nitrogen and oxygen atoms in total. The zero-order valence-electron chi connectivity index (χ0n) is 7.93. The van der Waals surface area contributed by atoms with Crippen LogP contribution in [0.4, 0.5) is 0 Å². The lowest BCUT2D eigenvalue weighted by Crippen LogP contribution is -2.12. The minimum atomic E-state index is -0.498. The van der Waals surface area contributed by atoms with Crippen molar-refractivity contribution >= 4 is 11.8 Å². The summed E-state index contributed by atoms with van der Waals surface area (Å²) in [6.07, 6.45) is 0.558. The lowest BCUT2D eigenvalue weighted by molar-refractivity contribution is 0.0515. The molecule has 0 atom stereocenters. The number of hydrogen-bond donors (Lipinski definition) is 1. The highest BCUT2D eigenvalue weighted by Crippen LogP contribution is 2.01. The smallest absolute Gasteiger partial charge is 0.365 e. The number of benzene rings is 1. The van der Waals surface area contributed by atoms with Crippen LogP contribution in [0.3, 0.4) is 0 Å². The van der Waals surface area contributed by atoms with E-state index >= 15 is 0 Å². The van der Waals surface area contributed by atoms with Crippen LogP contribution in [0, 0.1) is 0 Å². The van der Waals surface area contributed by atoms with Gasteiger partial charge in [0.05, 0.1) is 5.56 Å². The van der Waals surface area contributed by atoms with Crippen molar-refractivity contribution in [2.75, 3.05) is 0 Å². The third kappa shape index (κ3) is 2.90. The van der Waals surface area contributed by atoms with Gasteiger partial charge in [0, 0.05) is 6.42 Å². The summed E-state index contributed by atoms with van der Waals surface area (Å²) in [5.74, 6) is -0.198. The largest absolute Gasteiger partial charge is 0.384 e. The van der Waals surface area contributed by atoms with Crippen LogP contribution in [0.25, 0.3) is 0 Å². The predicted molar refractivity (Wildman–Crippen MR) is 53.8 cm³/mol. The number of carbonyl (C=O) groups is 1. The maximum atomic E-state index is 11.3. The van der Waals surface area contributed by atoms with Gasteiger partial charge in [-0.2, -0.15) is 0 Å². The minimum Gasteiger partial charge on any atom is -0.384 e. The Kier molecular flexibility index (Phi) is 3.67. The van der Waals surface area contributed by atoms with Gasteiger partial charge in [0.2, 0.25) is 0 Å². The third-order valence-electron chi connectivity index (χ3n) is 1.62. The summed E-state index contributed by atoms with van der Waals surface area (Å²) in [5, 5.41) is 3.46. The highest BCUT2D eigenvalue weighted by molar-refractivity contribution is 5.90. The van der Waals surface area contributed by atoms with Crippen LogP contribution < -0.4 is 5.73 Å². The fourth-order valence-electron chi connectivity index (χ4n) is 0.792. The van der Waals surface area contributed by atoms with Gasteiger partial charge < -0.3 is 10.6 Å². The standard InChI is InChI=1S/C10H12N2O2/c1-2-9(11)12-14-10(13)8-6-4-3-5-7-8/h3-7H,2H2,1H3,(H2,11,12). The Labute approximate surface area is 82.4 Å². The zero-order chi connectivity index (χ0) is 10.4. The Morgan fingerprint density at radius 1 is 1.43 bits per heavy atom. The maximum absolute atomic E-state index is 11.3. The first kappa shape index (κ1) is 10.2. The SMILES string of the molecule is CC/C(N)=N/OC(=O)c1ccccc1. The van der Waals surface area contributed by atoms with Crippen molar-refractivity contribution in [3.63, 3.8) is 0 Å². The van der Waals surface area contributed by atoms with Crippen molar-refractivity contribution < 1.29 is 9.63 Å². The van der Waals surface area contributed by atoms with Crippen LogP contribution in [0.2, 0.25) is 0 Å². The highest BCUT2D eigenvalue weighted by atomic mass is 16.7. The molecule has 0 bridgehead atoms. The summed E-state index contributed by atoms with van der Waals surface area (Å²) < 4.78 is 0. The monoisotopic (exact) mass is 192 g/mol. The van der Waals surface area contributed by atoms with Gasteiger partial charge in [0.1, 0.15) is 5.84 Å². The van der Waals surface area contributed by atoms with Crippen molar-refractivity contribution in [2.24, 2.45) is 10.9 Å². The van der Waals surface area contributed by atoms with Gasteiger partial charge in [-0.25, -0.2) is 4.79 Å². The normalized spacial score (nSPS) is 11.1. The molecule has 0 saturated carbocycles. The zero-order valence-corrected chi connectivity index (χ0v) is 7.93. The molecule has 0 amide bonds. The number of amidine groups is 1. The Balaban J connectivity index is 2.60. The fraction of sp³-hybridized carbons (Fsp3) is 0.200. The van der Waals surface area contributed by atoms with Gasteiger partial charge in [-0.1, -0.05) is 30.3 Å². The van der Waals surface area contributed by atoms with Crippen LogP contribution in [-0.4, -0.2) is 11.8 Å². The van der Waals surface area contributed by atoms with E-state index in [4.69, 9.17) is 5.73 Å². The molecule has 0 fully saturated rings. The van der Waals surface area contributed by atoms with Crippen LogP contribution in [0.15, 0.2) is 35.5 Å². The second-order valence-electron chi connectivity index (χ2n) is 2.68. The second kappa shape index (κ2) is 5.01. The van der Waals surface area contributed by atoms with Crippen LogP contribution in [0.1, 0.15) is 23.7 Å². The molecule has 1 aromatic rings. The summed E-state index contributed by atoms with van der Waals surface area (Å²) in [7, 11) is 0. The Morgan fingerprint density at radius 3 is 2.64 bits per heavy atom. The summed E-state index contributed by atoms with van der Waals surface area (Å²) in [6, 6.07) is 8.63. The molecule has 0 aliphatic heterocycles. The summed E-state index contributed by atoms with van der Waals surface area (Å²) in [4.78, 5) is 15.9. The number of oxime groups is 1. The van der Waals surface area contributed by atoms with Crippen molar-refractivity contribution in [3.05, 3.63) is 35.9 Å². The van der Waals surface area contributed by atoms with E-state index in [0.29, 0.717) is 17.8 Å². The first-order chi connectivity index (χ1) is 6.74. The number of carbonyl (C=O) groups excluding carboxylic acids is 1. The molecule has 14 heavy (non-hydrogen) atoms. The van der Waals surface area contributed by atoms with Gasteiger partial charge in [-0.3, -0.25) is 0 Å². The molecule has 0 aliphatic rings. The molecular weight excluding hydrogens is 180 g/mol. The van der Waals surface area contributed by atoms with Crippen LogP contribution in [-0.2, 0) is 4.84 Å². The van der Waals surface area contributed by atoms with Crippen molar-refractivity contribution in [1.29, 1.82) is 0 Å². The van der Waals surface area contributed by atoms with E-state index in [0.717, 1.165) is 0 Å². The third-order valence-corrected chi connectivity index (χ3v) is 1.62. The van der Waals surface area contributed by atoms with Crippen molar-refractivity contribution in [3.8, 4) is 0 Å². The molecule has 1 aromatic carbocycles. The van der Waals surface area contributed by atoms with Gasteiger partial charge in [0.25, 0.3) is 0 Å². The summed E-state index contributed by atoms with van der Waals surface area (Å²) >= 11 is 0. The van der Waals surface area contributed by atoms with E-state index in [1.807, 2.05) is 13.0 Å². The highest BCUT2D eigenvalue weighted by Gasteiger charge is 2.05. The van der Waals surface area contributed by atoms with Crippen molar-refractivity contribution in [2.45, 2.75) is 13.3 Å². The summed E-state index contributed by atoms with van der Waals surface area (Å²) in [5.41, 5.74) is 5.83. The van der Waals surface area contributed by atoms with E-state index in [1.165, 1.54) is 0 Å². The van der Waals surface area contributed by atoms with Gasteiger partial charge >= 0.3 is 5.97 Å². The fourth-order valence-corrected chi connectivity index (χ4v) is 0.792. The lowest BCUT2D eigenvalue weighted by atomic mass is 10.2. The molecule has 0 radical (unpaired) electrons. The first-order valence-corrected chi connectivity index (χ1v) is 4.32. The van der Waals surface area contributed by atoms with Crippen LogP contribution in [0.5, 0.6) is 0 Å². The lowest BCUT2D eigenvalue weighted by Gasteiger charge is -1.98. The molecule has 0 heterocycles. The van der Waals surface area contributed by atoms with E-state index in [2.05, 4.69) is 9.99 Å². The minimum absolute atomic E-state index is 0.300. The van der Waals surface area contributed by atoms with E-state index in [9.17, 15) is 4.79 Å². The molecule has 4 heteroatoms. The molecule has 0 aliphatic carbocycles. The molecule has 0 aromatic heterocycles. The molecule has 2 N–H and O–H groups in total. The number of hydrogen-bond acceptors (Lipinski definition) is 3.